The smallest absolute Gasteiger partial charge is 0.410 e. The molecule has 7 nitrogen and oxygen atoms in total. The van der Waals surface area contributed by atoms with E-state index in [9.17, 15) is 9.59 Å². The van der Waals surface area contributed by atoms with Crippen molar-refractivity contribution in [3.8, 4) is 0 Å². The highest BCUT2D eigenvalue weighted by Gasteiger charge is 2.27. The molecule has 0 unspecified atom stereocenters. The summed E-state index contributed by atoms with van der Waals surface area (Å²) < 4.78 is 10.2. The highest BCUT2D eigenvalue weighted by atomic mass is 35.5. The Morgan fingerprint density at radius 1 is 1.21 bits per heavy atom. The second-order valence-corrected chi connectivity index (χ2v) is 6.86. The minimum absolute atomic E-state index is 0.298. The van der Waals surface area contributed by atoms with Gasteiger partial charge in [0.15, 0.2) is 0 Å². The predicted octanol–water partition coefficient (Wildman–Crippen LogP) is 2.58. The standard InChI is InChI=1S/C16H22ClN3O4/c1-16(2,3)24-15(22)20-7-5-19(6-8-20)12-9-13(17)18-10-11(12)14(21)23-4/h9-10H,5-8H2,1-4H3. The van der Waals surface area contributed by atoms with Gasteiger partial charge >= 0.3 is 12.1 Å². The predicted molar refractivity (Wildman–Crippen MR) is 90.6 cm³/mol. The second-order valence-electron chi connectivity index (χ2n) is 6.47. The zero-order valence-corrected chi connectivity index (χ0v) is 15.1. The van der Waals surface area contributed by atoms with Crippen molar-refractivity contribution in [2.24, 2.45) is 0 Å². The first kappa shape index (κ1) is 18.3. The molecule has 0 aromatic carbocycles. The molecule has 0 radical (unpaired) electrons. The Morgan fingerprint density at radius 3 is 2.38 bits per heavy atom. The van der Waals surface area contributed by atoms with Gasteiger partial charge in [0.25, 0.3) is 0 Å². The lowest BCUT2D eigenvalue weighted by molar-refractivity contribution is 0.0240. The maximum atomic E-state index is 12.1. The number of piperazine rings is 1. The molecule has 1 aromatic rings. The molecule has 1 fully saturated rings. The number of pyridine rings is 1. The number of esters is 1. The van der Waals surface area contributed by atoms with Crippen molar-refractivity contribution in [2.75, 3.05) is 38.2 Å². The molecule has 1 amide bonds. The van der Waals surface area contributed by atoms with Crippen LogP contribution in [0.5, 0.6) is 0 Å². The number of amides is 1. The first-order chi connectivity index (χ1) is 11.2. The Labute approximate surface area is 146 Å². The first-order valence-electron chi connectivity index (χ1n) is 7.68. The van der Waals surface area contributed by atoms with Crippen molar-refractivity contribution in [2.45, 2.75) is 26.4 Å². The fraction of sp³-hybridized carbons (Fsp3) is 0.562. The normalized spacial score (nSPS) is 15.2. The highest BCUT2D eigenvalue weighted by Crippen LogP contribution is 2.25. The fourth-order valence-corrected chi connectivity index (χ4v) is 2.56. The summed E-state index contributed by atoms with van der Waals surface area (Å²) in [7, 11) is 1.32. The molecule has 0 atom stereocenters. The Kier molecular flexibility index (Phi) is 5.54. The number of nitrogens with zero attached hydrogens (tertiary/aromatic N) is 3. The zero-order valence-electron chi connectivity index (χ0n) is 14.3. The number of carbonyl (C=O) groups is 2. The van der Waals surface area contributed by atoms with E-state index in [1.807, 2.05) is 25.7 Å². The third-order valence-electron chi connectivity index (χ3n) is 3.53. The maximum absolute atomic E-state index is 12.1. The summed E-state index contributed by atoms with van der Waals surface area (Å²) in [6.45, 7) is 7.62. The van der Waals surface area contributed by atoms with E-state index in [0.717, 1.165) is 0 Å². The fourth-order valence-electron chi connectivity index (χ4n) is 2.41. The van der Waals surface area contributed by atoms with Gasteiger partial charge in [-0.15, -0.1) is 0 Å². The SMILES string of the molecule is COC(=O)c1cnc(Cl)cc1N1CCN(C(=O)OC(C)(C)C)CC1. The van der Waals surface area contributed by atoms with Crippen molar-refractivity contribution in [3.63, 3.8) is 0 Å². The zero-order chi connectivity index (χ0) is 17.9. The van der Waals surface area contributed by atoms with Crippen molar-refractivity contribution in [1.29, 1.82) is 0 Å². The Hall–Kier alpha value is -2.02. The number of aromatic nitrogens is 1. The van der Waals surface area contributed by atoms with E-state index in [-0.39, 0.29) is 6.09 Å². The van der Waals surface area contributed by atoms with E-state index in [2.05, 4.69) is 4.98 Å². The number of rotatable bonds is 2. The highest BCUT2D eigenvalue weighted by molar-refractivity contribution is 6.29. The van der Waals surface area contributed by atoms with Crippen LogP contribution >= 0.6 is 11.6 Å². The van der Waals surface area contributed by atoms with Crippen molar-refractivity contribution in [3.05, 3.63) is 23.0 Å². The van der Waals surface area contributed by atoms with Gasteiger partial charge in [0.05, 0.1) is 12.8 Å². The molecule has 0 bridgehead atoms. The Bertz CT molecular complexity index is 622. The van der Waals surface area contributed by atoms with Gasteiger partial charge in [0.2, 0.25) is 0 Å². The molecule has 0 saturated carbocycles. The lowest BCUT2D eigenvalue weighted by Crippen LogP contribution is -2.50. The summed E-state index contributed by atoms with van der Waals surface area (Å²) in [5.41, 5.74) is 0.489. The molecule has 2 heterocycles. The van der Waals surface area contributed by atoms with Crippen LogP contribution < -0.4 is 4.90 Å². The summed E-state index contributed by atoms with van der Waals surface area (Å²) in [4.78, 5) is 31.6. The van der Waals surface area contributed by atoms with Crippen LogP contribution in [0.25, 0.3) is 0 Å². The van der Waals surface area contributed by atoms with E-state index >= 15 is 0 Å². The molecule has 8 heteroatoms. The number of methoxy groups -OCH3 is 1. The van der Waals surface area contributed by atoms with Crippen LogP contribution in [0.2, 0.25) is 5.15 Å². The van der Waals surface area contributed by atoms with Gasteiger partial charge in [0.1, 0.15) is 16.3 Å². The molecular formula is C16H22ClN3O4. The topological polar surface area (TPSA) is 72.0 Å². The Balaban J connectivity index is 2.08. The van der Waals surface area contributed by atoms with E-state index < -0.39 is 11.6 Å². The van der Waals surface area contributed by atoms with E-state index in [1.54, 1.807) is 11.0 Å². The van der Waals surface area contributed by atoms with E-state index in [4.69, 9.17) is 21.1 Å². The quantitative estimate of drug-likeness (QED) is 0.599. The maximum Gasteiger partial charge on any atom is 0.410 e. The van der Waals surface area contributed by atoms with Crippen LogP contribution in [-0.4, -0.2) is 60.8 Å². The molecule has 1 aromatic heterocycles. The van der Waals surface area contributed by atoms with Crippen LogP contribution in [0.3, 0.4) is 0 Å². The number of carbonyl (C=O) groups excluding carboxylic acids is 2. The third-order valence-corrected chi connectivity index (χ3v) is 3.73. The van der Waals surface area contributed by atoms with Gasteiger partial charge < -0.3 is 19.3 Å². The largest absolute Gasteiger partial charge is 0.465 e. The molecule has 2 rings (SSSR count). The molecule has 24 heavy (non-hydrogen) atoms. The summed E-state index contributed by atoms with van der Waals surface area (Å²) >= 11 is 5.96. The minimum atomic E-state index is -0.523. The van der Waals surface area contributed by atoms with Crippen LogP contribution in [0.4, 0.5) is 10.5 Å². The van der Waals surface area contributed by atoms with E-state index in [1.165, 1.54) is 13.3 Å². The van der Waals surface area contributed by atoms with Crippen LogP contribution in [-0.2, 0) is 9.47 Å². The van der Waals surface area contributed by atoms with Crippen molar-refractivity contribution in [1.82, 2.24) is 9.88 Å². The summed E-state index contributed by atoms with van der Waals surface area (Å²) in [6.07, 6.45) is 1.08. The Morgan fingerprint density at radius 2 is 1.83 bits per heavy atom. The van der Waals surface area contributed by atoms with Gasteiger partial charge in [-0.05, 0) is 26.8 Å². The van der Waals surface area contributed by atoms with Gasteiger partial charge in [-0.2, -0.15) is 0 Å². The lowest BCUT2D eigenvalue weighted by atomic mass is 10.2. The molecule has 0 aliphatic carbocycles. The summed E-state index contributed by atoms with van der Waals surface area (Å²) in [5, 5.41) is 0.298. The average Bonchev–Trinajstić information content (AvgIpc) is 2.52. The number of halogens is 1. The van der Waals surface area contributed by atoms with E-state index in [0.29, 0.717) is 42.6 Å². The van der Waals surface area contributed by atoms with Gasteiger partial charge in [0, 0.05) is 32.4 Å². The number of hydrogen-bond acceptors (Lipinski definition) is 6. The summed E-state index contributed by atoms with van der Waals surface area (Å²) in [6, 6.07) is 1.64. The minimum Gasteiger partial charge on any atom is -0.465 e. The average molecular weight is 356 g/mol. The number of ether oxygens (including phenoxy) is 2. The van der Waals surface area contributed by atoms with Crippen molar-refractivity contribution >= 4 is 29.4 Å². The summed E-state index contributed by atoms with van der Waals surface area (Å²) in [5.74, 6) is -0.469. The molecule has 1 aliphatic heterocycles. The van der Waals surface area contributed by atoms with Crippen LogP contribution in [0.15, 0.2) is 12.3 Å². The molecule has 132 valence electrons. The molecule has 0 N–H and O–H groups in total. The monoisotopic (exact) mass is 355 g/mol. The molecular weight excluding hydrogens is 334 g/mol. The number of hydrogen-bond donors (Lipinski definition) is 0. The first-order valence-corrected chi connectivity index (χ1v) is 8.06. The van der Waals surface area contributed by atoms with Gasteiger partial charge in [-0.25, -0.2) is 14.6 Å². The van der Waals surface area contributed by atoms with Crippen LogP contribution in [0, 0.1) is 0 Å². The van der Waals surface area contributed by atoms with Gasteiger partial charge in [-0.1, -0.05) is 11.6 Å². The molecule has 0 spiro atoms. The molecule has 1 aliphatic rings. The van der Waals surface area contributed by atoms with Crippen LogP contribution in [0.1, 0.15) is 31.1 Å². The second kappa shape index (κ2) is 7.25. The van der Waals surface area contributed by atoms with Crippen molar-refractivity contribution < 1.29 is 19.1 Å². The molecule has 1 saturated heterocycles. The van der Waals surface area contributed by atoms with Gasteiger partial charge in [-0.3, -0.25) is 0 Å². The third kappa shape index (κ3) is 4.50. The lowest BCUT2D eigenvalue weighted by Gasteiger charge is -2.37. The number of anilines is 1.